The van der Waals surface area contributed by atoms with Crippen LogP contribution in [0.4, 0.5) is 0 Å². The lowest BCUT2D eigenvalue weighted by molar-refractivity contribution is 0.281. The molecule has 1 aromatic heterocycles. The van der Waals surface area contributed by atoms with Crippen LogP contribution in [0.2, 0.25) is 0 Å². The highest BCUT2D eigenvalue weighted by molar-refractivity contribution is 7.80. The van der Waals surface area contributed by atoms with E-state index in [0.717, 1.165) is 5.56 Å². The van der Waals surface area contributed by atoms with Gasteiger partial charge < -0.3 is 10.0 Å². The van der Waals surface area contributed by atoms with Crippen molar-refractivity contribution in [1.82, 2.24) is 15.3 Å². The lowest BCUT2D eigenvalue weighted by atomic mass is 10.2. The van der Waals surface area contributed by atoms with Crippen LogP contribution < -0.4 is 5.43 Å². The minimum absolute atomic E-state index is 0.0622. The molecule has 0 amide bonds. The maximum Gasteiger partial charge on any atom is 0.189 e. The Hall–Kier alpha value is -1.53. The predicted molar refractivity (Wildman–Crippen MR) is 67.2 cm³/mol. The van der Waals surface area contributed by atoms with E-state index in [1.807, 2.05) is 14.1 Å². The number of thiocarbonyl (C=S) groups is 1. The van der Waals surface area contributed by atoms with E-state index < -0.39 is 0 Å². The van der Waals surface area contributed by atoms with Crippen LogP contribution in [0, 0.1) is 0 Å². The normalized spacial score (nSPS) is 10.4. The predicted octanol–water partition coefficient (Wildman–Crippen LogP) is 0.344. The Bertz CT molecular complexity index is 392. The average Bonchev–Trinajstić information content (AvgIpc) is 2.29. The van der Waals surface area contributed by atoms with Crippen LogP contribution in [0.1, 0.15) is 11.3 Å². The van der Waals surface area contributed by atoms with Crippen molar-refractivity contribution in [2.45, 2.75) is 6.61 Å². The molecule has 0 fully saturated rings. The summed E-state index contributed by atoms with van der Waals surface area (Å²) < 4.78 is 0. The Morgan fingerprint density at radius 3 is 3.06 bits per heavy atom. The van der Waals surface area contributed by atoms with Crippen molar-refractivity contribution in [3.8, 4) is 0 Å². The summed E-state index contributed by atoms with van der Waals surface area (Å²) in [6.45, 7) is -0.0622. The van der Waals surface area contributed by atoms with Crippen molar-refractivity contribution in [3.05, 3.63) is 29.6 Å². The number of hydrazone groups is 1. The van der Waals surface area contributed by atoms with E-state index in [1.54, 1.807) is 23.2 Å². The molecular formula is C10H14N4OS. The first-order chi connectivity index (χ1) is 7.65. The molecule has 0 bridgehead atoms. The van der Waals surface area contributed by atoms with E-state index in [1.165, 1.54) is 6.21 Å². The summed E-state index contributed by atoms with van der Waals surface area (Å²) in [7, 11) is 3.65. The summed E-state index contributed by atoms with van der Waals surface area (Å²) in [5, 5.41) is 13.5. The molecule has 1 rings (SSSR count). The fourth-order valence-electron chi connectivity index (χ4n) is 0.949. The van der Waals surface area contributed by atoms with E-state index in [0.29, 0.717) is 10.8 Å². The van der Waals surface area contributed by atoms with Gasteiger partial charge in [0.05, 0.1) is 18.5 Å². The second-order valence-electron chi connectivity index (χ2n) is 3.28. The molecule has 0 radical (unpaired) electrons. The first-order valence-corrected chi connectivity index (χ1v) is 5.11. The quantitative estimate of drug-likeness (QED) is 0.452. The highest BCUT2D eigenvalue weighted by atomic mass is 32.1. The molecule has 6 heteroatoms. The van der Waals surface area contributed by atoms with Gasteiger partial charge in [0.25, 0.3) is 0 Å². The Balaban J connectivity index is 2.66. The van der Waals surface area contributed by atoms with E-state index >= 15 is 0 Å². The average molecular weight is 238 g/mol. The van der Waals surface area contributed by atoms with E-state index in [2.05, 4.69) is 15.5 Å². The van der Waals surface area contributed by atoms with Gasteiger partial charge in [-0.25, -0.2) is 0 Å². The van der Waals surface area contributed by atoms with Crippen LogP contribution >= 0.6 is 12.2 Å². The van der Waals surface area contributed by atoms with Crippen molar-refractivity contribution in [2.24, 2.45) is 5.10 Å². The zero-order valence-electron chi connectivity index (χ0n) is 9.21. The van der Waals surface area contributed by atoms with Crippen LogP contribution in [-0.2, 0) is 6.61 Å². The van der Waals surface area contributed by atoms with Crippen molar-refractivity contribution >= 4 is 23.5 Å². The molecule has 2 N–H and O–H groups in total. The second kappa shape index (κ2) is 6.14. The maximum atomic E-state index is 9.06. The third-order valence-corrected chi connectivity index (χ3v) is 2.31. The molecule has 0 aliphatic heterocycles. The lowest BCUT2D eigenvalue weighted by Crippen LogP contribution is -2.30. The van der Waals surface area contributed by atoms with Gasteiger partial charge >= 0.3 is 0 Å². The number of hydrogen-bond donors (Lipinski definition) is 2. The molecule has 0 atom stereocenters. The maximum absolute atomic E-state index is 9.06. The Morgan fingerprint density at radius 1 is 1.69 bits per heavy atom. The minimum atomic E-state index is -0.0622. The summed E-state index contributed by atoms with van der Waals surface area (Å²) in [6.07, 6.45) is 3.17. The van der Waals surface area contributed by atoms with Crippen LogP contribution in [0.3, 0.4) is 0 Å². The molecular weight excluding hydrogens is 224 g/mol. The van der Waals surface area contributed by atoms with Gasteiger partial charge in [-0.2, -0.15) is 5.10 Å². The fourth-order valence-corrected chi connectivity index (χ4v) is 1.00. The summed E-state index contributed by atoms with van der Waals surface area (Å²) in [5.41, 5.74) is 4.04. The van der Waals surface area contributed by atoms with Gasteiger partial charge in [0.15, 0.2) is 5.11 Å². The number of nitrogens with zero attached hydrogens (tertiary/aromatic N) is 3. The van der Waals surface area contributed by atoms with Crippen molar-refractivity contribution < 1.29 is 5.11 Å². The van der Waals surface area contributed by atoms with Crippen molar-refractivity contribution in [2.75, 3.05) is 14.1 Å². The number of aromatic nitrogens is 1. The Labute approximate surface area is 99.8 Å². The zero-order valence-corrected chi connectivity index (χ0v) is 10.0. The molecule has 0 spiro atoms. The van der Waals surface area contributed by atoms with Gasteiger partial charge in [-0.3, -0.25) is 10.4 Å². The summed E-state index contributed by atoms with van der Waals surface area (Å²) in [6, 6.07) is 3.55. The van der Waals surface area contributed by atoms with Gasteiger partial charge in [-0.05, 0) is 18.3 Å². The number of pyridine rings is 1. The van der Waals surface area contributed by atoms with Crippen LogP contribution in [0.25, 0.3) is 0 Å². The topological polar surface area (TPSA) is 60.8 Å². The highest BCUT2D eigenvalue weighted by Gasteiger charge is 1.99. The zero-order chi connectivity index (χ0) is 12.0. The number of nitrogens with one attached hydrogen (secondary N) is 1. The number of aliphatic hydroxyl groups excluding tert-OH is 1. The highest BCUT2D eigenvalue weighted by Crippen LogP contribution is 2.01. The molecule has 0 saturated heterocycles. The van der Waals surface area contributed by atoms with Gasteiger partial charge in [0.1, 0.15) is 0 Å². The van der Waals surface area contributed by atoms with Crippen molar-refractivity contribution in [1.29, 1.82) is 0 Å². The summed E-state index contributed by atoms with van der Waals surface area (Å²) in [4.78, 5) is 5.82. The second-order valence-corrected chi connectivity index (χ2v) is 3.66. The van der Waals surface area contributed by atoms with Gasteiger partial charge in [-0.15, -0.1) is 0 Å². The molecule has 86 valence electrons. The molecule has 0 aliphatic rings. The SMILES string of the molecule is CN(C)C(=S)NN=Cc1ncccc1CO. The lowest BCUT2D eigenvalue weighted by Gasteiger charge is -2.11. The third-order valence-electron chi connectivity index (χ3n) is 1.85. The molecule has 0 aliphatic carbocycles. The molecule has 1 aromatic rings. The van der Waals surface area contributed by atoms with Crippen LogP contribution in [0.5, 0.6) is 0 Å². The summed E-state index contributed by atoms with van der Waals surface area (Å²) >= 11 is 4.99. The molecule has 1 heterocycles. The number of aliphatic hydroxyl groups is 1. The standard InChI is InChI=1S/C10H14N4OS/c1-14(2)10(16)13-12-6-9-8(7-15)4-3-5-11-9/h3-6,15H,7H2,1-2H3,(H,13,16). The summed E-state index contributed by atoms with van der Waals surface area (Å²) in [5.74, 6) is 0. The van der Waals surface area contributed by atoms with Gasteiger partial charge in [-0.1, -0.05) is 6.07 Å². The molecule has 0 aromatic carbocycles. The largest absolute Gasteiger partial charge is 0.392 e. The smallest absolute Gasteiger partial charge is 0.189 e. The molecule has 0 saturated carbocycles. The van der Waals surface area contributed by atoms with E-state index in [4.69, 9.17) is 17.3 Å². The van der Waals surface area contributed by atoms with Gasteiger partial charge in [0, 0.05) is 25.9 Å². The number of rotatable bonds is 3. The monoisotopic (exact) mass is 238 g/mol. The van der Waals surface area contributed by atoms with Crippen LogP contribution in [-0.4, -0.2) is 40.4 Å². The van der Waals surface area contributed by atoms with Crippen molar-refractivity contribution in [3.63, 3.8) is 0 Å². The van der Waals surface area contributed by atoms with Gasteiger partial charge in [0.2, 0.25) is 0 Å². The van der Waals surface area contributed by atoms with E-state index in [9.17, 15) is 0 Å². The number of hydrogen-bond acceptors (Lipinski definition) is 4. The van der Waals surface area contributed by atoms with E-state index in [-0.39, 0.29) is 6.61 Å². The Morgan fingerprint density at radius 2 is 2.44 bits per heavy atom. The molecule has 5 nitrogen and oxygen atoms in total. The van der Waals surface area contributed by atoms with Crippen LogP contribution in [0.15, 0.2) is 23.4 Å². The molecule has 16 heavy (non-hydrogen) atoms. The molecule has 0 unspecified atom stereocenters. The third kappa shape index (κ3) is 3.56. The Kier molecular flexibility index (Phi) is 4.81. The first-order valence-electron chi connectivity index (χ1n) is 4.70. The minimum Gasteiger partial charge on any atom is -0.392 e. The fraction of sp³-hybridized carbons (Fsp3) is 0.300. The first kappa shape index (κ1) is 12.5.